The normalized spacial score (nSPS) is 9.53. The fraction of sp³-hybridized carbons (Fsp3) is 0. The molecule has 0 aliphatic heterocycles. The lowest BCUT2D eigenvalue weighted by Crippen LogP contribution is -1.74. The Labute approximate surface area is 90.6 Å². The molecule has 2 rings (SSSR count). The summed E-state index contributed by atoms with van der Waals surface area (Å²) < 4.78 is 0. The minimum Gasteiger partial charge on any atom is -0.295 e. The number of hydrogen-bond acceptors (Lipinski definition) is 4. The standard InChI is InChI=1S/C11H6N2OS/c12-5-8-1-3-9(4-2-8)10-6-13-11(7-14)15-10/h1-4,6-7H. The zero-order valence-corrected chi connectivity index (χ0v) is 8.49. The van der Waals surface area contributed by atoms with Gasteiger partial charge in [-0.15, -0.1) is 11.3 Å². The monoisotopic (exact) mass is 214 g/mol. The van der Waals surface area contributed by atoms with Crippen molar-refractivity contribution in [3.63, 3.8) is 0 Å². The topological polar surface area (TPSA) is 53.8 Å². The van der Waals surface area contributed by atoms with Crippen LogP contribution < -0.4 is 0 Å². The highest BCUT2D eigenvalue weighted by Gasteiger charge is 2.03. The summed E-state index contributed by atoms with van der Waals surface area (Å²) in [7, 11) is 0. The van der Waals surface area contributed by atoms with Crippen molar-refractivity contribution in [3.05, 3.63) is 41.0 Å². The molecule has 0 bridgehead atoms. The van der Waals surface area contributed by atoms with Gasteiger partial charge in [0.2, 0.25) is 0 Å². The van der Waals surface area contributed by atoms with Crippen LogP contribution >= 0.6 is 11.3 Å². The average Bonchev–Trinajstić information content (AvgIpc) is 2.78. The van der Waals surface area contributed by atoms with E-state index in [1.165, 1.54) is 11.3 Å². The third-order valence-electron chi connectivity index (χ3n) is 1.92. The van der Waals surface area contributed by atoms with Crippen molar-refractivity contribution in [2.45, 2.75) is 0 Å². The molecule has 72 valence electrons. The van der Waals surface area contributed by atoms with E-state index in [-0.39, 0.29) is 0 Å². The number of aromatic nitrogens is 1. The minimum absolute atomic E-state index is 0.467. The van der Waals surface area contributed by atoms with Gasteiger partial charge in [-0.3, -0.25) is 4.79 Å². The number of carbonyl (C=O) groups excluding carboxylic acids is 1. The summed E-state index contributed by atoms with van der Waals surface area (Å²) in [5.74, 6) is 0. The summed E-state index contributed by atoms with van der Waals surface area (Å²) in [6.07, 6.45) is 2.40. The zero-order valence-electron chi connectivity index (χ0n) is 7.68. The van der Waals surface area contributed by atoms with E-state index in [1.54, 1.807) is 18.3 Å². The predicted octanol–water partition coefficient (Wildman–Crippen LogP) is 2.49. The molecule has 0 N–H and O–H groups in total. The second-order valence-corrected chi connectivity index (χ2v) is 3.93. The summed E-state index contributed by atoms with van der Waals surface area (Å²) in [5, 5.41) is 9.10. The Morgan fingerprint density at radius 1 is 1.33 bits per heavy atom. The number of thiazole rings is 1. The summed E-state index contributed by atoms with van der Waals surface area (Å²) in [6.45, 7) is 0. The van der Waals surface area contributed by atoms with E-state index in [0.29, 0.717) is 10.6 Å². The second kappa shape index (κ2) is 4.03. The Bertz CT molecular complexity index is 522. The van der Waals surface area contributed by atoms with Gasteiger partial charge in [0.1, 0.15) is 0 Å². The second-order valence-electron chi connectivity index (χ2n) is 2.87. The van der Waals surface area contributed by atoms with E-state index in [4.69, 9.17) is 5.26 Å². The van der Waals surface area contributed by atoms with Crippen molar-refractivity contribution >= 4 is 17.6 Å². The van der Waals surface area contributed by atoms with Gasteiger partial charge in [0.25, 0.3) is 0 Å². The first-order chi connectivity index (χ1) is 7.33. The first kappa shape index (κ1) is 9.56. The van der Waals surface area contributed by atoms with E-state index in [2.05, 4.69) is 11.1 Å². The van der Waals surface area contributed by atoms with Crippen molar-refractivity contribution in [2.24, 2.45) is 0 Å². The van der Waals surface area contributed by atoms with Crippen molar-refractivity contribution < 1.29 is 4.79 Å². The van der Waals surface area contributed by atoms with Gasteiger partial charge in [0.15, 0.2) is 11.3 Å². The van der Waals surface area contributed by atoms with Crippen LogP contribution in [0, 0.1) is 11.3 Å². The fourth-order valence-corrected chi connectivity index (χ4v) is 1.92. The Balaban J connectivity index is 2.37. The Kier molecular flexibility index (Phi) is 2.57. The van der Waals surface area contributed by atoms with Crippen LogP contribution in [0.25, 0.3) is 10.4 Å². The van der Waals surface area contributed by atoms with E-state index >= 15 is 0 Å². The molecule has 0 saturated heterocycles. The number of hydrogen-bond donors (Lipinski definition) is 0. The van der Waals surface area contributed by atoms with Gasteiger partial charge in [0.05, 0.1) is 16.5 Å². The van der Waals surface area contributed by atoms with Crippen LogP contribution in [-0.2, 0) is 0 Å². The van der Waals surface area contributed by atoms with Gasteiger partial charge >= 0.3 is 0 Å². The van der Waals surface area contributed by atoms with Crippen LogP contribution in [0.3, 0.4) is 0 Å². The number of nitrogens with zero attached hydrogens (tertiary/aromatic N) is 2. The SMILES string of the molecule is N#Cc1ccc(-c2cnc(C=O)s2)cc1. The van der Waals surface area contributed by atoms with E-state index in [0.717, 1.165) is 16.7 Å². The lowest BCUT2D eigenvalue weighted by Gasteiger charge is -1.94. The maximum Gasteiger partial charge on any atom is 0.178 e. The molecule has 0 spiro atoms. The maximum absolute atomic E-state index is 10.5. The third kappa shape index (κ3) is 1.92. The lowest BCUT2D eigenvalue weighted by atomic mass is 10.1. The molecule has 0 amide bonds. The third-order valence-corrected chi connectivity index (χ3v) is 2.89. The quantitative estimate of drug-likeness (QED) is 0.722. The first-order valence-electron chi connectivity index (χ1n) is 4.25. The van der Waals surface area contributed by atoms with Crippen LogP contribution in [-0.4, -0.2) is 11.3 Å². The van der Waals surface area contributed by atoms with E-state index in [1.807, 2.05) is 12.1 Å². The summed E-state index contributed by atoms with van der Waals surface area (Å²) in [5.41, 5.74) is 1.60. The molecule has 1 aromatic carbocycles. The minimum atomic E-state index is 0.467. The molecule has 3 nitrogen and oxygen atoms in total. The Morgan fingerprint density at radius 2 is 2.07 bits per heavy atom. The maximum atomic E-state index is 10.5. The predicted molar refractivity (Wildman–Crippen MR) is 57.7 cm³/mol. The fourth-order valence-electron chi connectivity index (χ4n) is 1.18. The van der Waals surface area contributed by atoms with Crippen LogP contribution in [0.1, 0.15) is 15.4 Å². The van der Waals surface area contributed by atoms with Gasteiger partial charge in [-0.2, -0.15) is 5.26 Å². The summed E-state index contributed by atoms with van der Waals surface area (Å²) >= 11 is 1.34. The number of nitriles is 1. The zero-order chi connectivity index (χ0) is 10.7. The highest BCUT2D eigenvalue weighted by atomic mass is 32.1. The molecule has 1 heterocycles. The van der Waals surface area contributed by atoms with Gasteiger partial charge in [0, 0.05) is 6.20 Å². The Hall–Kier alpha value is -1.99. The van der Waals surface area contributed by atoms with Crippen molar-refractivity contribution in [1.82, 2.24) is 4.98 Å². The highest BCUT2D eigenvalue weighted by molar-refractivity contribution is 7.16. The smallest absolute Gasteiger partial charge is 0.178 e. The van der Waals surface area contributed by atoms with Crippen LogP contribution in [0.4, 0.5) is 0 Å². The number of benzene rings is 1. The van der Waals surface area contributed by atoms with Gasteiger partial charge in [-0.1, -0.05) is 12.1 Å². The van der Waals surface area contributed by atoms with Crippen LogP contribution in [0.15, 0.2) is 30.5 Å². The van der Waals surface area contributed by atoms with Crippen LogP contribution in [0.2, 0.25) is 0 Å². The van der Waals surface area contributed by atoms with E-state index < -0.39 is 0 Å². The van der Waals surface area contributed by atoms with Gasteiger partial charge < -0.3 is 0 Å². The van der Waals surface area contributed by atoms with Crippen LogP contribution in [0.5, 0.6) is 0 Å². The molecule has 2 aromatic rings. The molecule has 0 fully saturated rings. The molecule has 0 aliphatic rings. The number of aldehydes is 1. The molecule has 0 unspecified atom stereocenters. The summed E-state index contributed by atoms with van der Waals surface area (Å²) in [4.78, 5) is 15.3. The van der Waals surface area contributed by atoms with E-state index in [9.17, 15) is 4.79 Å². The lowest BCUT2D eigenvalue weighted by molar-refractivity contribution is 0.112. The Morgan fingerprint density at radius 3 is 2.60 bits per heavy atom. The molecular formula is C11H6N2OS. The molecule has 0 saturated carbocycles. The number of carbonyl (C=O) groups is 1. The largest absolute Gasteiger partial charge is 0.295 e. The number of rotatable bonds is 2. The average molecular weight is 214 g/mol. The van der Waals surface area contributed by atoms with Crippen molar-refractivity contribution in [3.8, 4) is 16.5 Å². The van der Waals surface area contributed by atoms with Crippen molar-refractivity contribution in [1.29, 1.82) is 5.26 Å². The van der Waals surface area contributed by atoms with Crippen molar-refractivity contribution in [2.75, 3.05) is 0 Å². The first-order valence-corrected chi connectivity index (χ1v) is 5.06. The molecule has 4 heteroatoms. The highest BCUT2D eigenvalue weighted by Crippen LogP contribution is 2.25. The molecule has 1 aromatic heterocycles. The molecule has 15 heavy (non-hydrogen) atoms. The van der Waals surface area contributed by atoms with Gasteiger partial charge in [-0.25, -0.2) is 4.98 Å². The summed E-state index contributed by atoms with van der Waals surface area (Å²) in [6, 6.07) is 9.24. The molecular weight excluding hydrogens is 208 g/mol. The van der Waals surface area contributed by atoms with Gasteiger partial charge in [-0.05, 0) is 17.7 Å². The molecule has 0 radical (unpaired) electrons. The molecule has 0 aliphatic carbocycles. The molecule has 0 atom stereocenters.